The highest BCUT2D eigenvalue weighted by Gasteiger charge is 2.34. The number of hydrogen-bond donors (Lipinski definition) is 0. The molecule has 0 radical (unpaired) electrons. The van der Waals surface area contributed by atoms with Gasteiger partial charge in [-0.3, -0.25) is 0 Å². The summed E-state index contributed by atoms with van der Waals surface area (Å²) in [7, 11) is 0. The fourth-order valence-corrected chi connectivity index (χ4v) is 4.67. The van der Waals surface area contributed by atoms with Gasteiger partial charge in [-0.05, 0) is 54.4 Å². The zero-order chi connectivity index (χ0) is 17.3. The van der Waals surface area contributed by atoms with E-state index in [1.165, 1.54) is 58.5 Å². The van der Waals surface area contributed by atoms with Crippen molar-refractivity contribution in [2.45, 2.75) is 67.7 Å². The van der Waals surface area contributed by atoms with Crippen LogP contribution in [0.4, 0.5) is 0 Å². The molecule has 0 saturated carbocycles. The molecule has 0 aromatic heterocycles. The summed E-state index contributed by atoms with van der Waals surface area (Å²) < 4.78 is 0. The van der Waals surface area contributed by atoms with E-state index in [0.29, 0.717) is 10.8 Å². The minimum absolute atomic E-state index is 0.502. The van der Waals surface area contributed by atoms with Crippen molar-refractivity contribution in [1.29, 1.82) is 0 Å². The molecule has 0 aromatic carbocycles. The molecule has 0 aromatic rings. The smallest absolute Gasteiger partial charge is 0.00223 e. The van der Waals surface area contributed by atoms with Gasteiger partial charge in [0.1, 0.15) is 0 Å². The molecule has 2 saturated heterocycles. The third-order valence-electron chi connectivity index (χ3n) is 5.54. The van der Waals surface area contributed by atoms with Crippen LogP contribution < -0.4 is 0 Å². The van der Waals surface area contributed by atoms with Gasteiger partial charge in [0.05, 0.1) is 0 Å². The van der Waals surface area contributed by atoms with Gasteiger partial charge >= 0.3 is 0 Å². The lowest BCUT2D eigenvalue weighted by Gasteiger charge is -2.46. The van der Waals surface area contributed by atoms with Gasteiger partial charge in [0, 0.05) is 32.7 Å². The van der Waals surface area contributed by atoms with Gasteiger partial charge in [-0.15, -0.1) is 0 Å². The van der Waals surface area contributed by atoms with Gasteiger partial charge in [-0.2, -0.15) is 0 Å². The zero-order valence-electron chi connectivity index (χ0n) is 17.0. The summed E-state index contributed by atoms with van der Waals surface area (Å²) in [6, 6.07) is 0. The van der Waals surface area contributed by atoms with Crippen LogP contribution in [0.3, 0.4) is 0 Å². The van der Waals surface area contributed by atoms with E-state index < -0.39 is 0 Å². The van der Waals surface area contributed by atoms with Crippen molar-refractivity contribution in [3.05, 3.63) is 0 Å². The molecule has 0 unspecified atom stereocenters. The summed E-state index contributed by atoms with van der Waals surface area (Å²) in [6.07, 6.45) is 4.18. The van der Waals surface area contributed by atoms with Crippen LogP contribution in [0.15, 0.2) is 0 Å². The minimum atomic E-state index is 0.502. The third kappa shape index (κ3) is 6.74. The van der Waals surface area contributed by atoms with E-state index in [-0.39, 0.29) is 0 Å². The van der Waals surface area contributed by atoms with Crippen LogP contribution in [-0.4, -0.2) is 49.1 Å². The third-order valence-corrected chi connectivity index (χ3v) is 5.54. The van der Waals surface area contributed by atoms with Crippen LogP contribution in [0.25, 0.3) is 0 Å². The fraction of sp³-hybridized carbons (Fsp3) is 1.00. The Morgan fingerprint density at radius 1 is 0.826 bits per heavy atom. The molecule has 2 fully saturated rings. The van der Waals surface area contributed by atoms with E-state index in [1.807, 2.05) is 0 Å². The molecular formula is C21H42N2. The Labute approximate surface area is 146 Å². The van der Waals surface area contributed by atoms with Gasteiger partial charge in [0.15, 0.2) is 0 Å². The van der Waals surface area contributed by atoms with E-state index in [4.69, 9.17) is 0 Å². The Balaban J connectivity index is 1.57. The molecule has 2 rings (SSSR count). The molecule has 2 heteroatoms. The van der Waals surface area contributed by atoms with Gasteiger partial charge < -0.3 is 9.80 Å². The first-order valence-electron chi connectivity index (χ1n) is 9.97. The zero-order valence-corrected chi connectivity index (χ0v) is 17.0. The van der Waals surface area contributed by atoms with Crippen LogP contribution >= 0.6 is 0 Å². The summed E-state index contributed by atoms with van der Waals surface area (Å²) in [6.45, 7) is 24.8. The topological polar surface area (TPSA) is 6.48 Å². The van der Waals surface area contributed by atoms with E-state index in [1.54, 1.807) is 0 Å². The van der Waals surface area contributed by atoms with Gasteiger partial charge in [-0.25, -0.2) is 0 Å². The van der Waals surface area contributed by atoms with Crippen molar-refractivity contribution < 1.29 is 0 Å². The normalized spacial score (nSPS) is 22.4. The first kappa shape index (κ1) is 19.2. The molecule has 0 aliphatic carbocycles. The molecule has 0 atom stereocenters. The molecule has 0 amide bonds. The average molecular weight is 323 g/mol. The van der Waals surface area contributed by atoms with Gasteiger partial charge in [-0.1, -0.05) is 48.5 Å². The molecule has 136 valence electrons. The Kier molecular flexibility index (Phi) is 6.22. The molecule has 23 heavy (non-hydrogen) atoms. The van der Waals surface area contributed by atoms with Crippen molar-refractivity contribution in [1.82, 2.24) is 9.80 Å². The number of nitrogens with zero attached hydrogens (tertiary/aromatic N) is 2. The number of likely N-dealkylation sites (tertiary alicyclic amines) is 2. The quantitative estimate of drug-likeness (QED) is 0.636. The second-order valence-corrected chi connectivity index (χ2v) is 11.0. The maximum Gasteiger partial charge on any atom is 0.00223 e. The summed E-state index contributed by atoms with van der Waals surface area (Å²) in [5.41, 5.74) is 1.02. The van der Waals surface area contributed by atoms with Crippen molar-refractivity contribution >= 4 is 0 Å². The maximum atomic E-state index is 2.68. The highest BCUT2D eigenvalue weighted by molar-refractivity contribution is 4.88. The summed E-state index contributed by atoms with van der Waals surface area (Å²) in [5.74, 6) is 2.72. The van der Waals surface area contributed by atoms with Crippen LogP contribution in [0.1, 0.15) is 67.7 Å². The second-order valence-electron chi connectivity index (χ2n) is 11.0. The van der Waals surface area contributed by atoms with E-state index in [9.17, 15) is 0 Å². The first-order valence-corrected chi connectivity index (χ1v) is 9.97. The van der Waals surface area contributed by atoms with Crippen LogP contribution in [0.2, 0.25) is 0 Å². The van der Waals surface area contributed by atoms with Crippen molar-refractivity contribution in [2.75, 3.05) is 39.3 Å². The van der Waals surface area contributed by atoms with E-state index in [2.05, 4.69) is 58.3 Å². The Morgan fingerprint density at radius 3 is 1.87 bits per heavy atom. The Hall–Kier alpha value is -0.0800. The van der Waals surface area contributed by atoms with Crippen LogP contribution in [-0.2, 0) is 0 Å². The van der Waals surface area contributed by atoms with Crippen LogP contribution in [0, 0.1) is 28.6 Å². The highest BCUT2D eigenvalue weighted by atomic mass is 15.2. The first-order chi connectivity index (χ1) is 10.5. The molecular weight excluding hydrogens is 280 g/mol. The average Bonchev–Trinajstić information content (AvgIpc) is 2.27. The fourth-order valence-electron chi connectivity index (χ4n) is 4.67. The predicted molar refractivity (Wildman–Crippen MR) is 102 cm³/mol. The monoisotopic (exact) mass is 322 g/mol. The highest BCUT2D eigenvalue weighted by Crippen LogP contribution is 2.36. The molecule has 2 aliphatic rings. The standard InChI is InChI=1S/C21H42N2/c1-17(2)12-23-15-19(16-23)11-21(6,7)8-9-22-13-18(14-22)10-20(3,4)5/h17-19H,8-16H2,1-7H3. The summed E-state index contributed by atoms with van der Waals surface area (Å²) in [5, 5.41) is 0. The van der Waals surface area contributed by atoms with Crippen molar-refractivity contribution in [3.63, 3.8) is 0 Å². The predicted octanol–water partition coefficient (Wildman–Crippen LogP) is 4.75. The van der Waals surface area contributed by atoms with Gasteiger partial charge in [0.25, 0.3) is 0 Å². The molecule has 2 aliphatic heterocycles. The van der Waals surface area contributed by atoms with E-state index in [0.717, 1.165) is 17.8 Å². The lowest BCUT2D eigenvalue weighted by molar-refractivity contribution is 0.0337. The molecule has 2 nitrogen and oxygen atoms in total. The SMILES string of the molecule is CC(C)CN1CC(CC(C)(C)CCN2CC(CC(C)(C)C)C2)C1. The lowest BCUT2D eigenvalue weighted by atomic mass is 9.76. The van der Waals surface area contributed by atoms with Crippen molar-refractivity contribution in [2.24, 2.45) is 28.6 Å². The molecule has 0 bridgehead atoms. The largest absolute Gasteiger partial charge is 0.303 e. The van der Waals surface area contributed by atoms with E-state index >= 15 is 0 Å². The Bertz CT molecular complexity index is 355. The summed E-state index contributed by atoms with van der Waals surface area (Å²) >= 11 is 0. The second kappa shape index (κ2) is 7.44. The molecule has 2 heterocycles. The van der Waals surface area contributed by atoms with Gasteiger partial charge in [0.2, 0.25) is 0 Å². The number of hydrogen-bond acceptors (Lipinski definition) is 2. The summed E-state index contributed by atoms with van der Waals surface area (Å²) in [4.78, 5) is 5.32. The molecule has 0 N–H and O–H groups in total. The van der Waals surface area contributed by atoms with Crippen molar-refractivity contribution in [3.8, 4) is 0 Å². The maximum absolute atomic E-state index is 2.68. The Morgan fingerprint density at radius 2 is 1.35 bits per heavy atom. The number of rotatable bonds is 8. The lowest BCUT2D eigenvalue weighted by Crippen LogP contribution is -2.50. The molecule has 0 spiro atoms. The van der Waals surface area contributed by atoms with Crippen LogP contribution in [0.5, 0.6) is 0 Å². The minimum Gasteiger partial charge on any atom is -0.303 e.